The Bertz CT molecular complexity index is 832. The zero-order valence-corrected chi connectivity index (χ0v) is 37.6. The molecule has 0 aliphatic heterocycles. The van der Waals surface area contributed by atoms with Crippen molar-refractivity contribution in [1.29, 1.82) is 0 Å². The number of rotatable bonds is 46. The maximum absolute atomic E-state index is 12.4. The summed E-state index contributed by atoms with van der Waals surface area (Å²) in [6, 6.07) is -0.632. The normalized spacial score (nSPS) is 12.7. The molecule has 0 rings (SSSR count). The van der Waals surface area contributed by atoms with Crippen LogP contribution in [0, 0.1) is 0 Å². The van der Waals surface area contributed by atoms with Crippen LogP contribution in [-0.4, -0.2) is 47.4 Å². The summed E-state index contributed by atoms with van der Waals surface area (Å²) in [5.74, 6) is -0.0808. The molecule has 0 bridgehead atoms. The molecule has 6 heteroatoms. The Morgan fingerprint density at radius 3 is 1.21 bits per heavy atom. The Kier molecular flexibility index (Phi) is 45.1. The molecule has 1 amide bonds. The molecule has 6 nitrogen and oxygen atoms in total. The van der Waals surface area contributed by atoms with Gasteiger partial charge in [0.05, 0.1) is 25.4 Å². The largest absolute Gasteiger partial charge is 0.466 e. The molecule has 332 valence electrons. The average Bonchev–Trinajstić information content (AvgIpc) is 3.20. The number of nitrogens with one attached hydrogen (secondary N) is 1. The van der Waals surface area contributed by atoms with Crippen molar-refractivity contribution >= 4 is 11.9 Å². The first-order chi connectivity index (χ1) is 27.5. The second kappa shape index (κ2) is 46.3. The van der Waals surface area contributed by atoms with E-state index in [1.165, 1.54) is 186 Å². The van der Waals surface area contributed by atoms with Gasteiger partial charge in [-0.3, -0.25) is 9.59 Å². The quantitative estimate of drug-likeness (QED) is 0.0324. The molecular formula is C50H97NO5. The lowest BCUT2D eigenvalue weighted by Crippen LogP contribution is -2.45. The summed E-state index contributed by atoms with van der Waals surface area (Å²) < 4.78 is 5.47. The second-order valence-corrected chi connectivity index (χ2v) is 17.2. The van der Waals surface area contributed by atoms with E-state index in [0.29, 0.717) is 19.4 Å². The molecule has 0 saturated carbocycles. The number of aliphatic hydroxyl groups excluding tert-OH is 2. The van der Waals surface area contributed by atoms with E-state index in [-0.39, 0.29) is 18.5 Å². The summed E-state index contributed by atoms with van der Waals surface area (Å²) >= 11 is 0. The summed E-state index contributed by atoms with van der Waals surface area (Å²) in [6.45, 7) is 4.86. The van der Waals surface area contributed by atoms with Gasteiger partial charge in [0.1, 0.15) is 0 Å². The van der Waals surface area contributed by atoms with Crippen molar-refractivity contribution < 1.29 is 24.5 Å². The predicted molar refractivity (Wildman–Crippen MR) is 241 cm³/mol. The zero-order chi connectivity index (χ0) is 40.8. The summed E-state index contributed by atoms with van der Waals surface area (Å²) in [7, 11) is 0. The highest BCUT2D eigenvalue weighted by Gasteiger charge is 2.18. The zero-order valence-electron chi connectivity index (χ0n) is 37.6. The number of esters is 1. The molecule has 56 heavy (non-hydrogen) atoms. The van der Waals surface area contributed by atoms with Gasteiger partial charge in [-0.25, -0.2) is 0 Å². The van der Waals surface area contributed by atoms with E-state index in [9.17, 15) is 19.8 Å². The number of ether oxygens (including phenoxy) is 1. The molecule has 0 saturated heterocycles. The third kappa shape index (κ3) is 42.2. The second-order valence-electron chi connectivity index (χ2n) is 17.2. The van der Waals surface area contributed by atoms with Crippen molar-refractivity contribution in [3.8, 4) is 0 Å². The smallest absolute Gasteiger partial charge is 0.305 e. The summed E-state index contributed by atoms with van der Waals surface area (Å²) in [5.41, 5.74) is 0. The number of carbonyl (C=O) groups is 2. The van der Waals surface area contributed by atoms with Gasteiger partial charge in [0, 0.05) is 12.8 Å². The number of aliphatic hydroxyl groups is 2. The first-order valence-corrected chi connectivity index (χ1v) is 25.0. The van der Waals surface area contributed by atoms with E-state index in [1.807, 2.05) is 6.08 Å². The third-order valence-corrected chi connectivity index (χ3v) is 11.6. The van der Waals surface area contributed by atoms with Crippen LogP contribution in [0.2, 0.25) is 0 Å². The van der Waals surface area contributed by atoms with Crippen LogP contribution in [0.5, 0.6) is 0 Å². The summed E-state index contributed by atoms with van der Waals surface area (Å²) in [5, 5.41) is 22.9. The van der Waals surface area contributed by atoms with Gasteiger partial charge in [-0.15, -0.1) is 0 Å². The van der Waals surface area contributed by atoms with Gasteiger partial charge in [0.2, 0.25) is 5.91 Å². The molecule has 0 radical (unpaired) electrons. The maximum Gasteiger partial charge on any atom is 0.305 e. The SMILES string of the molecule is CCCCCCCCCC/C=C/C(O)C(CO)NC(=O)CCCCCCCCCCCCCCCCOC(=O)CCCCCCCCCCCCCCCCC. The van der Waals surface area contributed by atoms with Crippen LogP contribution >= 0.6 is 0 Å². The highest BCUT2D eigenvalue weighted by molar-refractivity contribution is 5.76. The first kappa shape index (κ1) is 54.6. The highest BCUT2D eigenvalue weighted by atomic mass is 16.5. The van der Waals surface area contributed by atoms with E-state index in [2.05, 4.69) is 19.2 Å². The molecule has 0 aromatic heterocycles. The third-order valence-electron chi connectivity index (χ3n) is 11.6. The molecular weight excluding hydrogens is 695 g/mol. The van der Waals surface area contributed by atoms with Crippen molar-refractivity contribution in [2.24, 2.45) is 0 Å². The predicted octanol–water partition coefficient (Wildman–Crippen LogP) is 14.6. The van der Waals surface area contributed by atoms with Gasteiger partial charge in [0.15, 0.2) is 0 Å². The minimum absolute atomic E-state index is 0.000927. The van der Waals surface area contributed by atoms with Crippen molar-refractivity contribution in [3.05, 3.63) is 12.2 Å². The number of unbranched alkanes of at least 4 members (excludes halogenated alkanes) is 35. The number of hydrogen-bond donors (Lipinski definition) is 3. The maximum atomic E-state index is 12.4. The monoisotopic (exact) mass is 792 g/mol. The van der Waals surface area contributed by atoms with Gasteiger partial charge in [-0.2, -0.15) is 0 Å². The van der Waals surface area contributed by atoms with Gasteiger partial charge in [-0.1, -0.05) is 238 Å². The average molecular weight is 792 g/mol. The van der Waals surface area contributed by atoms with Crippen LogP contribution in [0.1, 0.15) is 271 Å². The topological polar surface area (TPSA) is 95.9 Å². The van der Waals surface area contributed by atoms with Gasteiger partial charge in [-0.05, 0) is 32.1 Å². The van der Waals surface area contributed by atoms with Crippen LogP contribution in [0.25, 0.3) is 0 Å². The number of hydrogen-bond acceptors (Lipinski definition) is 5. The Balaban J connectivity index is 3.43. The Hall–Kier alpha value is -1.40. The van der Waals surface area contributed by atoms with E-state index in [1.54, 1.807) is 6.08 Å². The molecule has 0 aromatic rings. The molecule has 0 spiro atoms. The lowest BCUT2D eigenvalue weighted by atomic mass is 10.0. The lowest BCUT2D eigenvalue weighted by molar-refractivity contribution is -0.143. The van der Waals surface area contributed by atoms with Crippen LogP contribution in [0.4, 0.5) is 0 Å². The molecule has 0 aliphatic carbocycles. The first-order valence-electron chi connectivity index (χ1n) is 25.0. The minimum Gasteiger partial charge on any atom is -0.466 e. The molecule has 2 atom stereocenters. The van der Waals surface area contributed by atoms with E-state index < -0.39 is 12.1 Å². The summed E-state index contributed by atoms with van der Waals surface area (Å²) in [4.78, 5) is 24.4. The number of amides is 1. The fourth-order valence-corrected chi connectivity index (χ4v) is 7.69. The van der Waals surface area contributed by atoms with Gasteiger partial charge in [0.25, 0.3) is 0 Å². The Labute approximate surface area is 349 Å². The summed E-state index contributed by atoms with van der Waals surface area (Å²) in [6.07, 6.45) is 52.1. The molecule has 0 fully saturated rings. The van der Waals surface area contributed by atoms with Crippen LogP contribution in [0.3, 0.4) is 0 Å². The Morgan fingerprint density at radius 1 is 0.482 bits per heavy atom. The van der Waals surface area contributed by atoms with Crippen LogP contribution in [0.15, 0.2) is 12.2 Å². The molecule has 0 heterocycles. The van der Waals surface area contributed by atoms with Crippen molar-refractivity contribution in [2.45, 2.75) is 283 Å². The van der Waals surface area contributed by atoms with Crippen molar-refractivity contribution in [1.82, 2.24) is 5.32 Å². The molecule has 0 aromatic carbocycles. The van der Waals surface area contributed by atoms with E-state index >= 15 is 0 Å². The molecule has 0 aliphatic rings. The van der Waals surface area contributed by atoms with Crippen LogP contribution < -0.4 is 5.32 Å². The van der Waals surface area contributed by atoms with Crippen molar-refractivity contribution in [3.63, 3.8) is 0 Å². The number of allylic oxidation sites excluding steroid dienone is 1. The standard InChI is InChI=1S/C50H97NO5/c1-3-5-7-9-11-13-15-16-17-21-24-28-32-36-40-44-50(55)56-45-41-37-33-29-25-22-19-18-20-23-27-31-35-39-43-49(54)51-47(46-52)48(53)42-38-34-30-26-14-12-10-8-6-4-2/h38,42,47-48,52-53H,3-37,39-41,43-46H2,1-2H3,(H,51,54)/b42-38+. The Morgan fingerprint density at radius 2 is 0.821 bits per heavy atom. The highest BCUT2D eigenvalue weighted by Crippen LogP contribution is 2.16. The van der Waals surface area contributed by atoms with Crippen LogP contribution in [-0.2, 0) is 14.3 Å². The van der Waals surface area contributed by atoms with E-state index in [0.717, 1.165) is 57.8 Å². The number of carbonyl (C=O) groups excluding carboxylic acids is 2. The minimum atomic E-state index is -0.848. The fourth-order valence-electron chi connectivity index (χ4n) is 7.69. The molecule has 2 unspecified atom stereocenters. The fraction of sp³-hybridized carbons (Fsp3) is 0.920. The van der Waals surface area contributed by atoms with Gasteiger partial charge < -0.3 is 20.3 Å². The van der Waals surface area contributed by atoms with Crippen molar-refractivity contribution in [2.75, 3.05) is 13.2 Å². The van der Waals surface area contributed by atoms with E-state index in [4.69, 9.17) is 4.74 Å². The molecule has 3 N–H and O–H groups in total. The van der Waals surface area contributed by atoms with Gasteiger partial charge >= 0.3 is 5.97 Å². The lowest BCUT2D eigenvalue weighted by Gasteiger charge is -2.20.